The summed E-state index contributed by atoms with van der Waals surface area (Å²) >= 11 is 0.904. The monoisotopic (exact) mass is 407 g/mol. The van der Waals surface area contributed by atoms with Crippen molar-refractivity contribution in [3.05, 3.63) is 28.2 Å². The molecule has 0 atom stereocenters. The molecule has 12 heteroatoms. The lowest BCUT2D eigenvalue weighted by molar-refractivity contribution is -0.138. The van der Waals surface area contributed by atoms with Crippen LogP contribution in [0.25, 0.3) is 0 Å². The van der Waals surface area contributed by atoms with Crippen molar-refractivity contribution in [2.75, 3.05) is 18.4 Å². The van der Waals surface area contributed by atoms with Crippen LogP contribution in [0.5, 0.6) is 0 Å². The first kappa shape index (κ1) is 19.4. The minimum absolute atomic E-state index is 0.0105. The standard InChI is InChI=1S/C15H14F5N5OS/c1-7-9(15(18,19)20)5-21-13(23-7)24-10-8(2)22-11(27-10)12(26)25-4-3-14(16,17)6-25/h5H,3-4,6H2,1-2H3,(H,21,23,24). The Hall–Kier alpha value is -2.37. The van der Waals surface area contributed by atoms with Crippen LogP contribution in [0.1, 0.15) is 33.2 Å². The van der Waals surface area contributed by atoms with E-state index < -0.39 is 36.5 Å². The largest absolute Gasteiger partial charge is 0.419 e. The number of hydrogen-bond acceptors (Lipinski definition) is 6. The maximum atomic E-state index is 13.3. The zero-order valence-electron chi connectivity index (χ0n) is 14.2. The van der Waals surface area contributed by atoms with E-state index in [1.54, 1.807) is 6.92 Å². The summed E-state index contributed by atoms with van der Waals surface area (Å²) in [4.78, 5) is 24.8. The van der Waals surface area contributed by atoms with Gasteiger partial charge in [0.2, 0.25) is 5.95 Å². The topological polar surface area (TPSA) is 71.0 Å². The van der Waals surface area contributed by atoms with E-state index in [-0.39, 0.29) is 23.2 Å². The third-order valence-electron chi connectivity index (χ3n) is 3.95. The summed E-state index contributed by atoms with van der Waals surface area (Å²) < 4.78 is 64.8. The number of carbonyl (C=O) groups excluding carboxylic acids is 1. The van der Waals surface area contributed by atoms with Gasteiger partial charge in [-0.15, -0.1) is 0 Å². The van der Waals surface area contributed by atoms with Crippen molar-refractivity contribution in [3.8, 4) is 0 Å². The predicted octanol–water partition coefficient (Wildman–Crippen LogP) is 3.79. The van der Waals surface area contributed by atoms with Crippen LogP contribution in [0.3, 0.4) is 0 Å². The number of likely N-dealkylation sites (tertiary alicyclic amines) is 1. The molecular formula is C15H14F5N5OS. The number of alkyl halides is 5. The van der Waals surface area contributed by atoms with Gasteiger partial charge in [-0.3, -0.25) is 4.79 Å². The van der Waals surface area contributed by atoms with E-state index in [1.807, 2.05) is 0 Å². The van der Waals surface area contributed by atoms with Gasteiger partial charge in [0.15, 0.2) is 5.01 Å². The Kier molecular flexibility index (Phi) is 4.78. The van der Waals surface area contributed by atoms with Crippen molar-refractivity contribution in [2.45, 2.75) is 32.4 Å². The number of nitrogens with zero attached hydrogens (tertiary/aromatic N) is 4. The Bertz CT molecular complexity index is 882. The molecule has 6 nitrogen and oxygen atoms in total. The molecule has 27 heavy (non-hydrogen) atoms. The number of hydrogen-bond donors (Lipinski definition) is 1. The summed E-state index contributed by atoms with van der Waals surface area (Å²) in [5.41, 5.74) is -0.812. The van der Waals surface area contributed by atoms with Crippen LogP contribution in [-0.4, -0.2) is 44.8 Å². The van der Waals surface area contributed by atoms with Gasteiger partial charge in [0.25, 0.3) is 11.8 Å². The Morgan fingerprint density at radius 3 is 2.52 bits per heavy atom. The minimum Gasteiger partial charge on any atom is -0.330 e. The van der Waals surface area contributed by atoms with E-state index in [0.717, 1.165) is 16.2 Å². The maximum Gasteiger partial charge on any atom is 0.419 e. The van der Waals surface area contributed by atoms with Crippen LogP contribution in [0.4, 0.5) is 32.9 Å². The van der Waals surface area contributed by atoms with Crippen molar-refractivity contribution < 1.29 is 26.7 Å². The molecule has 1 N–H and O–H groups in total. The van der Waals surface area contributed by atoms with Crippen LogP contribution in [0.2, 0.25) is 0 Å². The summed E-state index contributed by atoms with van der Waals surface area (Å²) in [7, 11) is 0. The number of rotatable bonds is 3. The molecule has 0 saturated carbocycles. The van der Waals surface area contributed by atoms with E-state index in [1.165, 1.54) is 6.92 Å². The van der Waals surface area contributed by atoms with E-state index in [0.29, 0.717) is 16.9 Å². The third-order valence-corrected chi connectivity index (χ3v) is 5.01. The lowest BCUT2D eigenvalue weighted by Gasteiger charge is -2.13. The highest BCUT2D eigenvalue weighted by molar-refractivity contribution is 7.17. The van der Waals surface area contributed by atoms with Crippen LogP contribution in [0, 0.1) is 13.8 Å². The van der Waals surface area contributed by atoms with Gasteiger partial charge >= 0.3 is 6.18 Å². The highest BCUT2D eigenvalue weighted by Gasteiger charge is 2.41. The Morgan fingerprint density at radius 1 is 1.26 bits per heavy atom. The lowest BCUT2D eigenvalue weighted by atomic mass is 10.2. The number of anilines is 2. The number of amides is 1. The first-order chi connectivity index (χ1) is 12.5. The summed E-state index contributed by atoms with van der Waals surface area (Å²) in [6.07, 6.45) is -4.29. The normalized spacial score (nSPS) is 16.6. The average molecular weight is 407 g/mol. The van der Waals surface area contributed by atoms with Crippen LogP contribution < -0.4 is 5.32 Å². The molecule has 3 heterocycles. The quantitative estimate of drug-likeness (QED) is 0.784. The first-order valence-corrected chi connectivity index (χ1v) is 8.60. The van der Waals surface area contributed by atoms with E-state index in [9.17, 15) is 26.7 Å². The smallest absolute Gasteiger partial charge is 0.330 e. The molecule has 0 aromatic carbocycles. The van der Waals surface area contributed by atoms with Crippen LogP contribution in [-0.2, 0) is 6.18 Å². The van der Waals surface area contributed by atoms with E-state index >= 15 is 0 Å². The fraction of sp³-hybridized carbons (Fsp3) is 0.467. The minimum atomic E-state index is -4.56. The fourth-order valence-electron chi connectivity index (χ4n) is 2.56. The molecule has 1 fully saturated rings. The predicted molar refractivity (Wildman–Crippen MR) is 87.4 cm³/mol. The summed E-state index contributed by atoms with van der Waals surface area (Å²) in [5.74, 6) is -3.61. The molecule has 1 aliphatic rings. The first-order valence-electron chi connectivity index (χ1n) is 7.79. The third kappa shape index (κ3) is 4.15. The van der Waals surface area contributed by atoms with E-state index in [2.05, 4.69) is 20.3 Å². The van der Waals surface area contributed by atoms with Crippen LogP contribution >= 0.6 is 11.3 Å². The number of halogens is 5. The van der Waals surface area contributed by atoms with Crippen molar-refractivity contribution in [2.24, 2.45) is 0 Å². The number of thiazole rings is 1. The molecule has 0 radical (unpaired) electrons. The van der Waals surface area contributed by atoms with Gasteiger partial charge in [-0.2, -0.15) is 13.2 Å². The van der Waals surface area contributed by atoms with Crippen molar-refractivity contribution in [1.82, 2.24) is 19.9 Å². The molecular weight excluding hydrogens is 393 g/mol. The summed E-state index contributed by atoms with van der Waals surface area (Å²) in [6, 6.07) is 0. The molecule has 1 amide bonds. The molecule has 1 saturated heterocycles. The zero-order valence-corrected chi connectivity index (χ0v) is 15.0. The highest BCUT2D eigenvalue weighted by atomic mass is 32.1. The van der Waals surface area contributed by atoms with Gasteiger partial charge in [0.1, 0.15) is 5.00 Å². The average Bonchev–Trinajstić information content (AvgIpc) is 3.08. The zero-order chi connectivity index (χ0) is 20.0. The Labute approximate surface area is 154 Å². The van der Waals surface area contributed by atoms with Crippen molar-refractivity contribution in [1.29, 1.82) is 0 Å². The van der Waals surface area contributed by atoms with Crippen molar-refractivity contribution >= 4 is 28.2 Å². The van der Waals surface area contributed by atoms with E-state index in [4.69, 9.17) is 0 Å². The van der Waals surface area contributed by atoms with Gasteiger partial charge in [-0.05, 0) is 13.8 Å². The number of aryl methyl sites for hydroxylation is 2. The molecule has 0 spiro atoms. The maximum absolute atomic E-state index is 13.3. The van der Waals surface area contributed by atoms with Gasteiger partial charge < -0.3 is 10.2 Å². The molecule has 146 valence electrons. The van der Waals surface area contributed by atoms with Gasteiger partial charge in [-0.25, -0.2) is 23.7 Å². The van der Waals surface area contributed by atoms with Crippen molar-refractivity contribution in [3.63, 3.8) is 0 Å². The number of carbonyl (C=O) groups is 1. The Morgan fingerprint density at radius 2 is 1.96 bits per heavy atom. The van der Waals surface area contributed by atoms with Crippen LogP contribution in [0.15, 0.2) is 6.20 Å². The molecule has 0 aliphatic carbocycles. The summed E-state index contributed by atoms with van der Waals surface area (Å²) in [6.45, 7) is 2.06. The van der Waals surface area contributed by atoms with Gasteiger partial charge in [0, 0.05) is 19.2 Å². The van der Waals surface area contributed by atoms with Gasteiger partial charge in [-0.1, -0.05) is 11.3 Å². The summed E-state index contributed by atoms with van der Waals surface area (Å²) in [5, 5.41) is 3.08. The second kappa shape index (κ2) is 6.66. The number of aromatic nitrogens is 3. The second-order valence-electron chi connectivity index (χ2n) is 6.08. The molecule has 0 unspecified atom stereocenters. The molecule has 2 aromatic rings. The Balaban J connectivity index is 1.78. The number of nitrogens with one attached hydrogen (secondary N) is 1. The molecule has 1 aliphatic heterocycles. The SMILES string of the molecule is Cc1nc(Nc2sc(C(=O)N3CCC(F)(F)C3)nc2C)ncc1C(F)(F)F. The molecule has 2 aromatic heterocycles. The fourth-order valence-corrected chi connectivity index (χ4v) is 3.48. The molecule has 0 bridgehead atoms. The lowest BCUT2D eigenvalue weighted by Crippen LogP contribution is -2.31. The highest BCUT2D eigenvalue weighted by Crippen LogP contribution is 2.33. The van der Waals surface area contributed by atoms with Gasteiger partial charge in [0.05, 0.1) is 23.5 Å². The molecule has 3 rings (SSSR count). The second-order valence-corrected chi connectivity index (χ2v) is 7.08.